The second-order valence-electron chi connectivity index (χ2n) is 4.94. The van der Waals surface area contributed by atoms with Crippen LogP contribution in [0.15, 0.2) is 60.7 Å². The Balaban J connectivity index is 2.18. The van der Waals surface area contributed by atoms with Gasteiger partial charge in [0.2, 0.25) is 0 Å². The first-order chi connectivity index (χ1) is 11.1. The monoisotopic (exact) mass is 311 g/mol. The molecule has 0 saturated carbocycles. The van der Waals surface area contributed by atoms with E-state index in [9.17, 15) is 14.4 Å². The summed E-state index contributed by atoms with van der Waals surface area (Å²) in [5.74, 6) is -2.16. The topological polar surface area (TPSA) is 72.5 Å². The molecule has 0 spiro atoms. The quantitative estimate of drug-likeness (QED) is 0.652. The highest BCUT2D eigenvalue weighted by Gasteiger charge is 2.28. The Morgan fingerprint density at radius 1 is 0.957 bits per heavy atom. The summed E-state index contributed by atoms with van der Waals surface area (Å²) >= 11 is 0. The molecule has 2 aromatic rings. The van der Waals surface area contributed by atoms with Crippen molar-refractivity contribution >= 4 is 17.7 Å². The van der Waals surface area contributed by atoms with Crippen LogP contribution in [-0.2, 0) is 20.7 Å². The number of nitrogens with one attached hydrogen (secondary N) is 1. The Morgan fingerprint density at radius 3 is 2.09 bits per heavy atom. The smallest absolute Gasteiger partial charge is 0.376 e. The van der Waals surface area contributed by atoms with Gasteiger partial charge in [-0.15, -0.1) is 0 Å². The molecule has 0 fully saturated rings. The van der Waals surface area contributed by atoms with E-state index in [0.717, 1.165) is 12.7 Å². The molecule has 0 aliphatic rings. The summed E-state index contributed by atoms with van der Waals surface area (Å²) < 4.78 is 4.48. The van der Waals surface area contributed by atoms with Gasteiger partial charge in [-0.25, -0.2) is 4.79 Å². The largest absolute Gasteiger partial charge is 0.463 e. The summed E-state index contributed by atoms with van der Waals surface area (Å²) in [7, 11) is 1.14. The number of ether oxygens (including phenoxy) is 1. The zero-order chi connectivity index (χ0) is 16.7. The average molecular weight is 311 g/mol. The predicted octanol–water partition coefficient (Wildman–Crippen LogP) is 1.77. The van der Waals surface area contributed by atoms with E-state index in [1.165, 1.54) is 0 Å². The highest BCUT2D eigenvalue weighted by Crippen LogP contribution is 2.07. The molecule has 23 heavy (non-hydrogen) atoms. The van der Waals surface area contributed by atoms with Crippen LogP contribution in [0.5, 0.6) is 0 Å². The van der Waals surface area contributed by atoms with E-state index < -0.39 is 23.7 Å². The van der Waals surface area contributed by atoms with Crippen molar-refractivity contribution in [2.24, 2.45) is 0 Å². The van der Waals surface area contributed by atoms with Gasteiger partial charge >= 0.3 is 5.97 Å². The Labute approximate surface area is 134 Å². The molecule has 0 aromatic heterocycles. The predicted molar refractivity (Wildman–Crippen MR) is 84.9 cm³/mol. The normalized spacial score (nSPS) is 11.3. The lowest BCUT2D eigenvalue weighted by atomic mass is 10.0. The fourth-order valence-corrected chi connectivity index (χ4v) is 2.13. The third-order valence-corrected chi connectivity index (χ3v) is 3.33. The SMILES string of the molecule is COC(=O)C(=O)[C@H](Cc1ccccc1)NC(=O)c1ccccc1. The molecule has 0 radical (unpaired) electrons. The Bertz CT molecular complexity index is 683. The molecule has 5 nitrogen and oxygen atoms in total. The number of ketones is 1. The van der Waals surface area contributed by atoms with Crippen LogP contribution in [0.1, 0.15) is 15.9 Å². The van der Waals surface area contributed by atoms with Gasteiger partial charge in [0.25, 0.3) is 11.7 Å². The minimum atomic E-state index is -0.974. The molecule has 1 amide bonds. The van der Waals surface area contributed by atoms with Crippen molar-refractivity contribution in [2.45, 2.75) is 12.5 Å². The Hall–Kier alpha value is -2.95. The molecular formula is C18H17NO4. The van der Waals surface area contributed by atoms with Gasteiger partial charge in [0.1, 0.15) is 6.04 Å². The van der Waals surface area contributed by atoms with Crippen LogP contribution >= 0.6 is 0 Å². The van der Waals surface area contributed by atoms with Gasteiger partial charge in [0.05, 0.1) is 7.11 Å². The number of methoxy groups -OCH3 is 1. The first-order valence-corrected chi connectivity index (χ1v) is 7.14. The highest BCUT2D eigenvalue weighted by atomic mass is 16.5. The van der Waals surface area contributed by atoms with E-state index in [-0.39, 0.29) is 6.42 Å². The van der Waals surface area contributed by atoms with Crippen LogP contribution in [0.2, 0.25) is 0 Å². The molecule has 0 aliphatic heterocycles. The number of carbonyl (C=O) groups is 3. The number of carbonyl (C=O) groups excluding carboxylic acids is 3. The van der Waals surface area contributed by atoms with Crippen molar-refractivity contribution in [1.82, 2.24) is 5.32 Å². The number of Topliss-reactive ketones (excluding diaryl/α,β-unsaturated/α-hetero) is 1. The van der Waals surface area contributed by atoms with Crippen molar-refractivity contribution in [3.8, 4) is 0 Å². The van der Waals surface area contributed by atoms with Gasteiger partial charge in [-0.1, -0.05) is 48.5 Å². The molecule has 0 heterocycles. The van der Waals surface area contributed by atoms with Crippen molar-refractivity contribution in [3.63, 3.8) is 0 Å². The first-order valence-electron chi connectivity index (χ1n) is 7.14. The minimum absolute atomic E-state index is 0.216. The van der Waals surface area contributed by atoms with E-state index in [4.69, 9.17) is 0 Å². The molecule has 2 aromatic carbocycles. The van der Waals surface area contributed by atoms with Crippen LogP contribution in [-0.4, -0.2) is 30.8 Å². The van der Waals surface area contributed by atoms with Crippen LogP contribution in [0.25, 0.3) is 0 Å². The maximum absolute atomic E-state index is 12.2. The second kappa shape index (κ2) is 7.89. The van der Waals surface area contributed by atoms with Crippen molar-refractivity contribution in [3.05, 3.63) is 71.8 Å². The summed E-state index contributed by atoms with van der Waals surface area (Å²) in [6.45, 7) is 0. The fraction of sp³-hybridized carbons (Fsp3) is 0.167. The van der Waals surface area contributed by atoms with Crippen LogP contribution in [0.4, 0.5) is 0 Å². The van der Waals surface area contributed by atoms with Gasteiger partial charge in [-0.05, 0) is 17.7 Å². The molecule has 118 valence electrons. The first kappa shape index (κ1) is 16.4. The van der Waals surface area contributed by atoms with Crippen molar-refractivity contribution in [2.75, 3.05) is 7.11 Å². The van der Waals surface area contributed by atoms with E-state index in [1.807, 2.05) is 30.3 Å². The van der Waals surface area contributed by atoms with Gasteiger partial charge in [-0.3, -0.25) is 9.59 Å². The van der Waals surface area contributed by atoms with Gasteiger partial charge in [0, 0.05) is 12.0 Å². The van der Waals surface area contributed by atoms with Crippen molar-refractivity contribution in [1.29, 1.82) is 0 Å². The molecular weight excluding hydrogens is 294 g/mol. The molecule has 0 bridgehead atoms. The third kappa shape index (κ3) is 4.51. The minimum Gasteiger partial charge on any atom is -0.463 e. The summed E-state index contributed by atoms with van der Waals surface area (Å²) in [5.41, 5.74) is 1.26. The maximum atomic E-state index is 12.2. The van der Waals surface area contributed by atoms with E-state index >= 15 is 0 Å². The number of hydrogen-bond donors (Lipinski definition) is 1. The lowest BCUT2D eigenvalue weighted by Crippen LogP contribution is -2.45. The summed E-state index contributed by atoms with van der Waals surface area (Å²) in [6, 6.07) is 16.7. The summed E-state index contributed by atoms with van der Waals surface area (Å²) in [5, 5.41) is 2.61. The zero-order valence-electron chi connectivity index (χ0n) is 12.7. The molecule has 0 aliphatic carbocycles. The molecule has 0 saturated heterocycles. The van der Waals surface area contributed by atoms with Gasteiger partial charge in [0.15, 0.2) is 0 Å². The fourth-order valence-electron chi connectivity index (χ4n) is 2.13. The lowest BCUT2D eigenvalue weighted by molar-refractivity contribution is -0.152. The van der Waals surface area contributed by atoms with E-state index in [1.54, 1.807) is 30.3 Å². The molecule has 5 heteroatoms. The van der Waals surface area contributed by atoms with E-state index in [0.29, 0.717) is 5.56 Å². The zero-order valence-corrected chi connectivity index (χ0v) is 12.7. The number of benzene rings is 2. The standard InChI is InChI=1S/C18H17NO4/c1-23-18(22)16(20)15(12-13-8-4-2-5-9-13)19-17(21)14-10-6-3-7-11-14/h2-11,15H,12H2,1H3,(H,19,21)/t15-/m0/s1. The summed E-state index contributed by atoms with van der Waals surface area (Å²) in [6.07, 6.45) is 0.216. The highest BCUT2D eigenvalue weighted by molar-refractivity contribution is 6.36. The maximum Gasteiger partial charge on any atom is 0.376 e. The number of rotatable bonds is 6. The third-order valence-electron chi connectivity index (χ3n) is 3.33. The Morgan fingerprint density at radius 2 is 1.52 bits per heavy atom. The number of amides is 1. The molecule has 2 rings (SSSR count). The number of hydrogen-bond acceptors (Lipinski definition) is 4. The summed E-state index contributed by atoms with van der Waals surface area (Å²) in [4.78, 5) is 35.9. The van der Waals surface area contributed by atoms with E-state index in [2.05, 4.69) is 10.1 Å². The molecule has 0 unspecified atom stereocenters. The van der Waals surface area contributed by atoms with Crippen LogP contribution in [0.3, 0.4) is 0 Å². The van der Waals surface area contributed by atoms with Crippen molar-refractivity contribution < 1.29 is 19.1 Å². The Kier molecular flexibility index (Phi) is 5.63. The van der Waals surface area contributed by atoms with Crippen LogP contribution in [0, 0.1) is 0 Å². The molecule has 1 atom stereocenters. The molecule has 1 N–H and O–H groups in total. The van der Waals surface area contributed by atoms with Gasteiger partial charge < -0.3 is 10.1 Å². The van der Waals surface area contributed by atoms with Gasteiger partial charge in [-0.2, -0.15) is 0 Å². The average Bonchev–Trinajstić information content (AvgIpc) is 2.61. The van der Waals surface area contributed by atoms with Crippen LogP contribution < -0.4 is 5.32 Å². The second-order valence-corrected chi connectivity index (χ2v) is 4.94. The number of esters is 1. The lowest BCUT2D eigenvalue weighted by Gasteiger charge is -2.16.